The van der Waals surface area contributed by atoms with E-state index in [0.29, 0.717) is 16.6 Å². The highest BCUT2D eigenvalue weighted by atomic mass is 79.9. The highest BCUT2D eigenvalue weighted by Gasteiger charge is 2.57. The van der Waals surface area contributed by atoms with Crippen LogP contribution < -0.4 is 9.64 Å². The van der Waals surface area contributed by atoms with E-state index < -0.39 is 0 Å². The fourth-order valence-electron chi connectivity index (χ4n) is 5.91. The van der Waals surface area contributed by atoms with Crippen LogP contribution in [0.5, 0.6) is 5.88 Å². The molecule has 0 unspecified atom stereocenters. The van der Waals surface area contributed by atoms with Crippen LogP contribution in [0, 0.1) is 17.3 Å². The van der Waals surface area contributed by atoms with E-state index >= 15 is 0 Å². The summed E-state index contributed by atoms with van der Waals surface area (Å²) in [6.07, 6.45) is 9.89. The number of alkyl halides is 1. The second kappa shape index (κ2) is 5.72. The minimum atomic E-state index is 0.180. The van der Waals surface area contributed by atoms with E-state index in [4.69, 9.17) is 4.74 Å². The Balaban J connectivity index is 1.54. The number of rotatable bonds is 4. The van der Waals surface area contributed by atoms with Gasteiger partial charge in [-0.15, -0.1) is 0 Å². The van der Waals surface area contributed by atoms with Crippen LogP contribution in [0.1, 0.15) is 44.9 Å². The SMILES string of the molecule is COc1ncccc1N(C)C(=O)CC12C[C@H]3C[C@@H](CC(Br)(C3)C1)C2. The number of hydrogen-bond donors (Lipinski definition) is 0. The zero-order chi connectivity index (χ0) is 16.9. The third kappa shape index (κ3) is 2.75. The molecule has 1 aromatic heterocycles. The maximum Gasteiger partial charge on any atom is 0.237 e. The second-order valence-electron chi connectivity index (χ2n) is 8.27. The van der Waals surface area contributed by atoms with Gasteiger partial charge in [0.25, 0.3) is 0 Å². The van der Waals surface area contributed by atoms with Gasteiger partial charge in [-0.1, -0.05) is 15.9 Å². The predicted molar refractivity (Wildman–Crippen MR) is 97.6 cm³/mol. The molecule has 0 radical (unpaired) electrons. The van der Waals surface area contributed by atoms with Crippen LogP contribution in [0.25, 0.3) is 0 Å². The topological polar surface area (TPSA) is 42.4 Å². The number of pyridine rings is 1. The molecule has 4 nitrogen and oxygen atoms in total. The second-order valence-corrected chi connectivity index (χ2v) is 9.96. The lowest BCUT2D eigenvalue weighted by Gasteiger charge is -2.60. The quantitative estimate of drug-likeness (QED) is 0.721. The number of methoxy groups -OCH3 is 1. The fraction of sp³-hybridized carbons (Fsp3) is 0.684. The highest BCUT2D eigenvalue weighted by Crippen LogP contribution is 2.65. The Kier molecular flexibility index (Phi) is 3.90. The zero-order valence-electron chi connectivity index (χ0n) is 14.4. The summed E-state index contributed by atoms with van der Waals surface area (Å²) < 4.78 is 5.61. The zero-order valence-corrected chi connectivity index (χ0v) is 16.0. The number of ether oxygens (including phenoxy) is 1. The predicted octanol–water partition coefficient (Wildman–Crippen LogP) is 4.18. The summed E-state index contributed by atoms with van der Waals surface area (Å²) in [5, 5.41) is 0. The Bertz CT molecular complexity index is 649. The van der Waals surface area contributed by atoms with Crippen molar-refractivity contribution in [2.45, 2.75) is 49.3 Å². The van der Waals surface area contributed by atoms with E-state index in [0.717, 1.165) is 23.9 Å². The maximum atomic E-state index is 13.0. The minimum Gasteiger partial charge on any atom is -0.480 e. The summed E-state index contributed by atoms with van der Waals surface area (Å²) in [5.74, 6) is 2.29. The van der Waals surface area contributed by atoms with E-state index in [2.05, 4.69) is 20.9 Å². The molecular weight excluding hydrogens is 368 g/mol. The summed E-state index contributed by atoms with van der Waals surface area (Å²) in [7, 11) is 3.43. The smallest absolute Gasteiger partial charge is 0.237 e. The molecule has 0 saturated heterocycles. The standard InChI is InChI=1S/C19H25BrN2O2/c1-22(15-4-3-5-21-17(15)24-2)16(23)11-18-7-13-6-14(8-18)10-19(20,9-13)12-18/h3-5,13-14H,6-12H2,1-2H3/t13-,14-,18?,19?/m1/s1. The van der Waals surface area contributed by atoms with Gasteiger partial charge in [-0.3, -0.25) is 4.79 Å². The fourth-order valence-corrected chi connectivity index (χ4v) is 7.42. The molecule has 4 saturated carbocycles. The van der Waals surface area contributed by atoms with Crippen LogP contribution in [0.15, 0.2) is 18.3 Å². The molecule has 4 bridgehead atoms. The Morgan fingerprint density at radius 1 is 1.38 bits per heavy atom. The highest BCUT2D eigenvalue weighted by molar-refractivity contribution is 9.10. The molecule has 24 heavy (non-hydrogen) atoms. The molecule has 130 valence electrons. The van der Waals surface area contributed by atoms with E-state index in [9.17, 15) is 4.79 Å². The number of hydrogen-bond acceptors (Lipinski definition) is 3. The maximum absolute atomic E-state index is 13.0. The van der Waals surface area contributed by atoms with Crippen molar-refractivity contribution in [1.29, 1.82) is 0 Å². The van der Waals surface area contributed by atoms with Crippen LogP contribution in [0.3, 0.4) is 0 Å². The first kappa shape index (κ1) is 16.4. The Hall–Kier alpha value is -1.10. The summed E-state index contributed by atoms with van der Waals surface area (Å²) in [4.78, 5) is 19.0. The molecule has 1 aromatic rings. The molecule has 2 atom stereocenters. The van der Waals surface area contributed by atoms with Crippen molar-refractivity contribution in [3.63, 3.8) is 0 Å². The van der Waals surface area contributed by atoms with Crippen molar-refractivity contribution in [2.75, 3.05) is 19.1 Å². The molecule has 4 aliphatic rings. The van der Waals surface area contributed by atoms with Crippen molar-refractivity contribution < 1.29 is 9.53 Å². The summed E-state index contributed by atoms with van der Waals surface area (Å²) in [5.41, 5.74) is 0.942. The molecule has 1 heterocycles. The molecule has 0 N–H and O–H groups in total. The molecule has 1 amide bonds. The third-order valence-corrected chi connectivity index (χ3v) is 7.24. The molecule has 0 aromatic carbocycles. The van der Waals surface area contributed by atoms with Gasteiger partial charge in [-0.2, -0.15) is 0 Å². The normalized spacial score (nSPS) is 36.6. The average molecular weight is 393 g/mol. The van der Waals surface area contributed by atoms with Gasteiger partial charge in [0.05, 0.1) is 7.11 Å². The van der Waals surface area contributed by atoms with E-state index in [1.54, 1.807) is 18.2 Å². The van der Waals surface area contributed by atoms with Crippen LogP contribution in [-0.2, 0) is 4.79 Å². The molecule has 5 rings (SSSR count). The lowest BCUT2D eigenvalue weighted by atomic mass is 9.48. The van der Waals surface area contributed by atoms with Crippen molar-refractivity contribution in [3.8, 4) is 5.88 Å². The molecule has 0 aliphatic heterocycles. The van der Waals surface area contributed by atoms with Crippen molar-refractivity contribution in [1.82, 2.24) is 4.98 Å². The minimum absolute atomic E-state index is 0.180. The van der Waals surface area contributed by atoms with Gasteiger partial charge >= 0.3 is 0 Å². The van der Waals surface area contributed by atoms with Crippen LogP contribution in [0.4, 0.5) is 5.69 Å². The molecule has 4 aliphatic carbocycles. The number of halogens is 1. The number of amides is 1. The van der Waals surface area contributed by atoms with Crippen molar-refractivity contribution in [2.24, 2.45) is 17.3 Å². The number of carbonyl (C=O) groups excluding carboxylic acids is 1. The van der Waals surface area contributed by atoms with E-state index in [-0.39, 0.29) is 11.3 Å². The first-order chi connectivity index (χ1) is 11.4. The number of anilines is 1. The summed E-state index contributed by atoms with van der Waals surface area (Å²) >= 11 is 4.03. The number of carbonyl (C=O) groups is 1. The van der Waals surface area contributed by atoms with E-state index in [1.807, 2.05) is 19.2 Å². The molecular formula is C19H25BrN2O2. The summed E-state index contributed by atoms with van der Waals surface area (Å²) in [6.45, 7) is 0. The van der Waals surface area contributed by atoms with Gasteiger partial charge in [0.2, 0.25) is 11.8 Å². The van der Waals surface area contributed by atoms with Crippen molar-refractivity contribution in [3.05, 3.63) is 18.3 Å². The monoisotopic (exact) mass is 392 g/mol. The van der Waals surface area contributed by atoms with Gasteiger partial charge in [-0.05, 0) is 67.9 Å². The largest absolute Gasteiger partial charge is 0.480 e. The third-order valence-electron chi connectivity index (χ3n) is 6.32. The van der Waals surface area contributed by atoms with Crippen molar-refractivity contribution >= 4 is 27.5 Å². The molecule has 5 heteroatoms. The van der Waals surface area contributed by atoms with Gasteiger partial charge in [-0.25, -0.2) is 4.98 Å². The lowest BCUT2D eigenvalue weighted by Crippen LogP contribution is -2.54. The van der Waals surface area contributed by atoms with Gasteiger partial charge in [0.15, 0.2) is 0 Å². The van der Waals surface area contributed by atoms with Gasteiger partial charge < -0.3 is 9.64 Å². The first-order valence-electron chi connectivity index (χ1n) is 8.86. The average Bonchev–Trinajstić information content (AvgIpc) is 2.51. The Morgan fingerprint density at radius 2 is 2.08 bits per heavy atom. The van der Waals surface area contributed by atoms with Gasteiger partial charge in [0, 0.05) is 24.0 Å². The van der Waals surface area contributed by atoms with Gasteiger partial charge in [0.1, 0.15) is 5.69 Å². The first-order valence-corrected chi connectivity index (χ1v) is 9.66. The Labute approximate surface area is 152 Å². The summed E-state index contributed by atoms with van der Waals surface area (Å²) in [6, 6.07) is 3.75. The van der Waals surface area contributed by atoms with Crippen LogP contribution >= 0.6 is 15.9 Å². The lowest BCUT2D eigenvalue weighted by molar-refractivity contribution is -0.125. The van der Waals surface area contributed by atoms with E-state index in [1.165, 1.54) is 32.1 Å². The number of nitrogens with zero attached hydrogens (tertiary/aromatic N) is 2. The molecule has 4 fully saturated rings. The molecule has 0 spiro atoms. The van der Waals surface area contributed by atoms with Crippen LogP contribution in [-0.4, -0.2) is 29.4 Å². The Morgan fingerprint density at radius 3 is 2.71 bits per heavy atom. The van der Waals surface area contributed by atoms with Crippen LogP contribution in [0.2, 0.25) is 0 Å². The number of aromatic nitrogens is 1.